The number of hydrogen-bond acceptors (Lipinski definition) is 6. The average Bonchev–Trinajstić information content (AvgIpc) is 3.51. The molecule has 0 unspecified atom stereocenters. The van der Waals surface area contributed by atoms with E-state index in [-0.39, 0.29) is 0 Å². The molecular formula is C22H15N7S. The summed E-state index contributed by atoms with van der Waals surface area (Å²) in [7, 11) is 0. The molecule has 0 aliphatic carbocycles. The lowest BCUT2D eigenvalue weighted by molar-refractivity contribution is 1.10. The molecule has 6 aromatic rings. The number of imidazole rings is 1. The van der Waals surface area contributed by atoms with Crippen molar-refractivity contribution >= 4 is 33.4 Å². The van der Waals surface area contributed by atoms with E-state index in [0.29, 0.717) is 11.5 Å². The minimum atomic E-state index is 0.671. The number of aromatic amines is 2. The minimum Gasteiger partial charge on any atom is -0.335 e. The number of H-pyrrole nitrogens is 2. The summed E-state index contributed by atoms with van der Waals surface area (Å²) < 4.78 is 0. The van der Waals surface area contributed by atoms with Crippen LogP contribution in [0.3, 0.4) is 0 Å². The van der Waals surface area contributed by atoms with Crippen LogP contribution in [0.25, 0.3) is 55.3 Å². The van der Waals surface area contributed by atoms with Crippen LogP contribution in [0.2, 0.25) is 0 Å². The van der Waals surface area contributed by atoms with Crippen LogP contribution in [-0.4, -0.2) is 35.1 Å². The summed E-state index contributed by atoms with van der Waals surface area (Å²) in [6.07, 6.45) is 7.23. The van der Waals surface area contributed by atoms with Crippen molar-refractivity contribution in [1.82, 2.24) is 35.1 Å². The summed E-state index contributed by atoms with van der Waals surface area (Å²) in [6, 6.07) is 10.2. The zero-order valence-corrected chi connectivity index (χ0v) is 16.7. The second-order valence-corrected chi connectivity index (χ2v) is 8.01. The summed E-state index contributed by atoms with van der Waals surface area (Å²) in [5.74, 6) is 0.673. The minimum absolute atomic E-state index is 0.671. The SMILES string of the molecule is Cc1cncc(-c2cc3c(-c4nc5nccc(-c6cccs6)c5[nH]4)n[nH]c3cn2)c1. The van der Waals surface area contributed by atoms with Crippen molar-refractivity contribution in [1.29, 1.82) is 0 Å². The topological polar surface area (TPSA) is 96.0 Å². The maximum Gasteiger partial charge on any atom is 0.178 e. The number of nitrogens with one attached hydrogen (secondary N) is 2. The maximum atomic E-state index is 4.72. The standard InChI is InChI=1S/C22H15N7S/c1-12-7-13(10-23-9-12)16-8-15-17(11-25-16)28-29-20(15)22-26-19-14(18-3-2-6-30-18)4-5-24-21(19)27-22/h2-11H,1H3,(H,28,29)(H,24,26,27). The molecule has 0 fully saturated rings. The number of thiophene rings is 1. The molecule has 8 heteroatoms. The van der Waals surface area contributed by atoms with Crippen LogP contribution in [-0.2, 0) is 0 Å². The lowest BCUT2D eigenvalue weighted by atomic mass is 10.1. The highest BCUT2D eigenvalue weighted by Gasteiger charge is 2.17. The fourth-order valence-electron chi connectivity index (χ4n) is 3.61. The molecule has 0 radical (unpaired) electrons. The molecule has 0 spiro atoms. The first-order valence-corrected chi connectivity index (χ1v) is 10.3. The third-order valence-electron chi connectivity index (χ3n) is 5.02. The number of rotatable bonds is 3. The molecule has 6 aromatic heterocycles. The number of aryl methyl sites for hydroxylation is 1. The lowest BCUT2D eigenvalue weighted by Crippen LogP contribution is -1.87. The van der Waals surface area contributed by atoms with Crippen LogP contribution < -0.4 is 0 Å². The predicted molar refractivity (Wildman–Crippen MR) is 118 cm³/mol. The summed E-state index contributed by atoms with van der Waals surface area (Å²) >= 11 is 1.69. The molecule has 0 aromatic carbocycles. The van der Waals surface area contributed by atoms with Crippen molar-refractivity contribution in [2.24, 2.45) is 0 Å². The van der Waals surface area contributed by atoms with E-state index < -0.39 is 0 Å². The zero-order valence-electron chi connectivity index (χ0n) is 15.9. The normalized spacial score (nSPS) is 11.5. The van der Waals surface area contributed by atoms with Crippen molar-refractivity contribution in [2.75, 3.05) is 0 Å². The van der Waals surface area contributed by atoms with Crippen molar-refractivity contribution < 1.29 is 0 Å². The van der Waals surface area contributed by atoms with Gasteiger partial charge in [0.25, 0.3) is 0 Å². The number of fused-ring (bicyclic) bond motifs is 2. The second kappa shape index (κ2) is 6.57. The van der Waals surface area contributed by atoms with Gasteiger partial charge in [0.1, 0.15) is 5.69 Å². The van der Waals surface area contributed by atoms with E-state index in [9.17, 15) is 0 Å². The molecule has 0 amide bonds. The van der Waals surface area contributed by atoms with Crippen LogP contribution in [0.15, 0.2) is 60.5 Å². The fourth-order valence-corrected chi connectivity index (χ4v) is 4.37. The van der Waals surface area contributed by atoms with E-state index in [1.165, 1.54) is 4.88 Å². The number of hydrogen-bond donors (Lipinski definition) is 2. The molecule has 0 saturated carbocycles. The molecule has 30 heavy (non-hydrogen) atoms. The first-order chi connectivity index (χ1) is 14.8. The molecule has 0 aliphatic rings. The Morgan fingerprint density at radius 3 is 2.87 bits per heavy atom. The first kappa shape index (κ1) is 17.0. The Bertz CT molecular complexity index is 1510. The highest BCUT2D eigenvalue weighted by atomic mass is 32.1. The van der Waals surface area contributed by atoms with Crippen LogP contribution in [0.5, 0.6) is 0 Å². The third-order valence-corrected chi connectivity index (χ3v) is 5.92. The van der Waals surface area contributed by atoms with Gasteiger partial charge in [-0.15, -0.1) is 11.3 Å². The van der Waals surface area contributed by atoms with Gasteiger partial charge in [-0.25, -0.2) is 9.97 Å². The van der Waals surface area contributed by atoms with E-state index >= 15 is 0 Å². The molecule has 0 saturated heterocycles. The van der Waals surface area contributed by atoms with Gasteiger partial charge >= 0.3 is 0 Å². The Morgan fingerprint density at radius 1 is 1.03 bits per heavy atom. The smallest absolute Gasteiger partial charge is 0.178 e. The number of pyridine rings is 3. The first-order valence-electron chi connectivity index (χ1n) is 9.41. The van der Waals surface area contributed by atoms with Gasteiger partial charge in [-0.05, 0) is 42.1 Å². The second-order valence-electron chi connectivity index (χ2n) is 7.06. The Kier molecular flexibility index (Phi) is 3.72. The highest BCUT2D eigenvalue weighted by molar-refractivity contribution is 7.13. The van der Waals surface area contributed by atoms with Crippen molar-refractivity contribution in [3.05, 3.63) is 66.1 Å². The average molecular weight is 409 g/mol. The Labute approximate surface area is 174 Å². The van der Waals surface area contributed by atoms with E-state index in [0.717, 1.165) is 44.5 Å². The monoisotopic (exact) mass is 409 g/mol. The summed E-state index contributed by atoms with van der Waals surface area (Å²) in [6.45, 7) is 2.02. The molecule has 144 valence electrons. The zero-order chi connectivity index (χ0) is 20.1. The van der Waals surface area contributed by atoms with Crippen LogP contribution >= 0.6 is 11.3 Å². The van der Waals surface area contributed by atoms with Gasteiger partial charge in [0.2, 0.25) is 0 Å². The van der Waals surface area contributed by atoms with Crippen molar-refractivity contribution in [3.8, 4) is 33.2 Å². The molecule has 6 heterocycles. The van der Waals surface area contributed by atoms with E-state index in [2.05, 4.69) is 47.6 Å². The van der Waals surface area contributed by atoms with Crippen LogP contribution in [0, 0.1) is 6.92 Å². The van der Waals surface area contributed by atoms with Crippen LogP contribution in [0.1, 0.15) is 5.56 Å². The fraction of sp³-hybridized carbons (Fsp3) is 0.0455. The molecule has 7 nitrogen and oxygen atoms in total. The Morgan fingerprint density at radius 2 is 2.00 bits per heavy atom. The Balaban J connectivity index is 1.52. The van der Waals surface area contributed by atoms with Crippen LogP contribution in [0.4, 0.5) is 0 Å². The molecule has 0 aliphatic heterocycles. The van der Waals surface area contributed by atoms with Gasteiger partial charge in [0.05, 0.1) is 22.9 Å². The van der Waals surface area contributed by atoms with Gasteiger partial charge in [0, 0.05) is 40.0 Å². The van der Waals surface area contributed by atoms with E-state index in [1.54, 1.807) is 23.7 Å². The van der Waals surface area contributed by atoms with Gasteiger partial charge in [-0.2, -0.15) is 5.10 Å². The summed E-state index contributed by atoms with van der Waals surface area (Å²) in [5, 5.41) is 10.6. The molecule has 2 N–H and O–H groups in total. The van der Waals surface area contributed by atoms with Gasteiger partial charge in [0.15, 0.2) is 11.5 Å². The van der Waals surface area contributed by atoms with Gasteiger partial charge in [-0.1, -0.05) is 6.07 Å². The van der Waals surface area contributed by atoms with E-state index in [1.807, 2.05) is 37.5 Å². The Hall–Kier alpha value is -3.91. The van der Waals surface area contributed by atoms with E-state index in [4.69, 9.17) is 4.98 Å². The third kappa shape index (κ3) is 2.69. The predicted octanol–water partition coefficient (Wildman–Crippen LogP) is 5.00. The highest BCUT2D eigenvalue weighted by Crippen LogP contribution is 2.33. The summed E-state index contributed by atoms with van der Waals surface area (Å²) in [5.41, 5.74) is 7.15. The van der Waals surface area contributed by atoms with Gasteiger partial charge in [-0.3, -0.25) is 15.1 Å². The molecule has 0 atom stereocenters. The van der Waals surface area contributed by atoms with Crippen molar-refractivity contribution in [3.63, 3.8) is 0 Å². The van der Waals surface area contributed by atoms with Gasteiger partial charge < -0.3 is 4.98 Å². The quantitative estimate of drug-likeness (QED) is 0.429. The number of aromatic nitrogens is 7. The molecular weight excluding hydrogens is 394 g/mol. The largest absolute Gasteiger partial charge is 0.335 e. The summed E-state index contributed by atoms with van der Waals surface area (Å²) in [4.78, 5) is 22.6. The molecule has 6 rings (SSSR count). The maximum absolute atomic E-state index is 4.72. The molecule has 0 bridgehead atoms. The van der Waals surface area contributed by atoms with Crippen molar-refractivity contribution in [2.45, 2.75) is 6.92 Å². The number of nitrogens with zero attached hydrogens (tertiary/aromatic N) is 5. The lowest BCUT2D eigenvalue weighted by Gasteiger charge is -2.02.